The van der Waals surface area contributed by atoms with E-state index in [-0.39, 0.29) is 11.3 Å². The number of alkyl halides is 2. The van der Waals surface area contributed by atoms with E-state index in [0.29, 0.717) is 11.6 Å². The molecule has 7 nitrogen and oxygen atoms in total. The molecule has 29 heavy (non-hydrogen) atoms. The number of ether oxygens (including phenoxy) is 2. The Morgan fingerprint density at radius 2 is 1.83 bits per heavy atom. The monoisotopic (exact) mass is 406 g/mol. The van der Waals surface area contributed by atoms with Crippen LogP contribution in [0.2, 0.25) is 0 Å². The van der Waals surface area contributed by atoms with Gasteiger partial charge < -0.3 is 14.0 Å². The minimum Gasteiger partial charge on any atom is -0.452 e. The molecule has 1 aliphatic carbocycles. The maximum absolute atomic E-state index is 12.3. The van der Waals surface area contributed by atoms with Crippen molar-refractivity contribution < 1.29 is 32.6 Å². The van der Waals surface area contributed by atoms with Crippen molar-refractivity contribution in [2.75, 3.05) is 6.61 Å². The quantitative estimate of drug-likeness (QED) is 0.714. The summed E-state index contributed by atoms with van der Waals surface area (Å²) in [5, 5.41) is 2.07. The summed E-state index contributed by atoms with van der Waals surface area (Å²) in [6.45, 7) is 0.141. The third-order valence-corrected chi connectivity index (χ3v) is 4.55. The summed E-state index contributed by atoms with van der Waals surface area (Å²) in [6.07, 6.45) is 2.15. The fourth-order valence-corrected chi connectivity index (χ4v) is 3.11. The number of nitrogens with one attached hydrogen (secondary N) is 1. The molecule has 1 saturated carbocycles. The van der Waals surface area contributed by atoms with E-state index in [2.05, 4.69) is 14.6 Å². The number of amides is 2. The first-order valence-electron chi connectivity index (χ1n) is 9.01. The van der Waals surface area contributed by atoms with Crippen LogP contribution in [0, 0.1) is 13.8 Å². The molecule has 9 heteroatoms. The zero-order valence-corrected chi connectivity index (χ0v) is 15.9. The van der Waals surface area contributed by atoms with Crippen molar-refractivity contribution in [3.63, 3.8) is 0 Å². The Morgan fingerprint density at radius 3 is 2.41 bits per heavy atom. The van der Waals surface area contributed by atoms with Gasteiger partial charge in [-0.05, 0) is 57.0 Å². The maximum atomic E-state index is 12.3. The second kappa shape index (κ2) is 8.42. The van der Waals surface area contributed by atoms with Crippen LogP contribution in [0.1, 0.15) is 51.0 Å². The number of carbonyl (C=O) groups is 3. The molecule has 3 rings (SSSR count). The summed E-state index contributed by atoms with van der Waals surface area (Å²) in [7, 11) is 0. The summed E-state index contributed by atoms with van der Waals surface area (Å²) >= 11 is 0. The summed E-state index contributed by atoms with van der Waals surface area (Å²) in [5.74, 6) is -2.30. The molecule has 1 N–H and O–H groups in total. The van der Waals surface area contributed by atoms with E-state index in [1.165, 1.54) is 24.3 Å². The second-order valence-corrected chi connectivity index (χ2v) is 6.74. The molecule has 0 unspecified atom stereocenters. The highest BCUT2D eigenvalue weighted by molar-refractivity contribution is 6.05. The summed E-state index contributed by atoms with van der Waals surface area (Å²) in [4.78, 5) is 36.2. The van der Waals surface area contributed by atoms with Crippen LogP contribution in [-0.2, 0) is 9.53 Å². The second-order valence-electron chi connectivity index (χ2n) is 6.74. The number of aromatic nitrogens is 1. The number of halogens is 2. The number of nitrogens with zero attached hydrogens (tertiary/aromatic N) is 1. The van der Waals surface area contributed by atoms with Gasteiger partial charge in [-0.25, -0.2) is 4.79 Å². The number of carbonyl (C=O) groups excluding carboxylic acids is 3. The first-order valence-corrected chi connectivity index (χ1v) is 9.01. The minimum absolute atomic E-state index is 0.0688. The largest absolute Gasteiger partial charge is 0.452 e. The lowest BCUT2D eigenvalue weighted by Gasteiger charge is -2.08. The maximum Gasteiger partial charge on any atom is 0.387 e. The number of hydrogen-bond donors (Lipinski definition) is 1. The predicted molar refractivity (Wildman–Crippen MR) is 98.0 cm³/mol. The van der Waals surface area contributed by atoms with Gasteiger partial charge in [-0.3, -0.25) is 14.9 Å². The van der Waals surface area contributed by atoms with Gasteiger partial charge in [0.25, 0.3) is 11.8 Å². The van der Waals surface area contributed by atoms with Crippen molar-refractivity contribution in [3.8, 4) is 5.75 Å². The van der Waals surface area contributed by atoms with Crippen molar-refractivity contribution in [2.45, 2.75) is 39.3 Å². The molecule has 1 aliphatic rings. The fraction of sp³-hybridized carbons (Fsp3) is 0.350. The zero-order valence-electron chi connectivity index (χ0n) is 15.9. The standard InChI is InChI=1S/C20H20F2N2O5/c1-11-9-16(12(2)24(11)14-5-6-14)19(27)28-10-17(25)23-18(26)13-3-7-15(8-4-13)29-20(21)22/h3-4,7-9,14,20H,5-6,10H2,1-2H3,(H,23,25,26). The highest BCUT2D eigenvalue weighted by atomic mass is 19.3. The summed E-state index contributed by atoms with van der Waals surface area (Å²) < 4.78 is 35.5. The van der Waals surface area contributed by atoms with Gasteiger partial charge in [-0.2, -0.15) is 8.78 Å². The molecule has 2 aromatic rings. The molecule has 0 radical (unpaired) electrons. The SMILES string of the molecule is Cc1cc(C(=O)OCC(=O)NC(=O)c2ccc(OC(F)F)cc2)c(C)n1C1CC1. The molecule has 0 bridgehead atoms. The number of benzene rings is 1. The predicted octanol–water partition coefficient (Wildman–Crippen LogP) is 3.15. The van der Waals surface area contributed by atoms with Crippen LogP contribution in [0.25, 0.3) is 0 Å². The van der Waals surface area contributed by atoms with Crippen LogP contribution in [0.4, 0.5) is 8.78 Å². The van der Waals surface area contributed by atoms with E-state index in [4.69, 9.17) is 4.74 Å². The molecule has 1 heterocycles. The Bertz CT molecular complexity index is 933. The van der Waals surface area contributed by atoms with E-state index in [0.717, 1.165) is 24.2 Å². The van der Waals surface area contributed by atoms with Gasteiger partial charge in [0.2, 0.25) is 0 Å². The number of aryl methyl sites for hydroxylation is 1. The van der Waals surface area contributed by atoms with Gasteiger partial charge in [0.15, 0.2) is 6.61 Å². The normalized spacial score (nSPS) is 13.3. The van der Waals surface area contributed by atoms with E-state index in [9.17, 15) is 23.2 Å². The van der Waals surface area contributed by atoms with Crippen LogP contribution in [-0.4, -0.2) is 35.6 Å². The fourth-order valence-electron chi connectivity index (χ4n) is 3.11. The molecule has 0 saturated heterocycles. The lowest BCUT2D eigenvalue weighted by atomic mass is 10.2. The lowest BCUT2D eigenvalue weighted by Crippen LogP contribution is -2.34. The van der Waals surface area contributed by atoms with Gasteiger partial charge >= 0.3 is 12.6 Å². The van der Waals surface area contributed by atoms with E-state index < -0.39 is 31.0 Å². The van der Waals surface area contributed by atoms with E-state index in [1.807, 2.05) is 13.8 Å². The summed E-state index contributed by atoms with van der Waals surface area (Å²) in [6, 6.07) is 6.97. The first-order chi connectivity index (χ1) is 13.8. The highest BCUT2D eigenvalue weighted by Gasteiger charge is 2.29. The lowest BCUT2D eigenvalue weighted by molar-refractivity contribution is -0.123. The molecule has 1 fully saturated rings. The average molecular weight is 406 g/mol. The number of esters is 1. The molecule has 0 atom stereocenters. The van der Waals surface area contributed by atoms with Crippen molar-refractivity contribution in [3.05, 3.63) is 52.8 Å². The van der Waals surface area contributed by atoms with Gasteiger partial charge in [0.05, 0.1) is 5.56 Å². The molecular formula is C20H20F2N2O5. The Balaban J connectivity index is 1.52. The van der Waals surface area contributed by atoms with Crippen molar-refractivity contribution in [2.24, 2.45) is 0 Å². The van der Waals surface area contributed by atoms with Crippen molar-refractivity contribution >= 4 is 17.8 Å². The van der Waals surface area contributed by atoms with E-state index >= 15 is 0 Å². The zero-order chi connectivity index (χ0) is 21.1. The van der Waals surface area contributed by atoms with Crippen LogP contribution in [0.5, 0.6) is 5.75 Å². The van der Waals surface area contributed by atoms with Gasteiger partial charge in [-0.15, -0.1) is 0 Å². The molecular weight excluding hydrogens is 386 g/mol. The third-order valence-electron chi connectivity index (χ3n) is 4.55. The highest BCUT2D eigenvalue weighted by Crippen LogP contribution is 2.38. The molecule has 1 aromatic carbocycles. The third kappa shape index (κ3) is 4.98. The van der Waals surface area contributed by atoms with Crippen LogP contribution in [0.3, 0.4) is 0 Å². The Labute approximate surface area is 165 Å². The molecule has 0 spiro atoms. The topological polar surface area (TPSA) is 86.6 Å². The molecule has 154 valence electrons. The molecule has 1 aromatic heterocycles. The first kappa shape index (κ1) is 20.5. The van der Waals surface area contributed by atoms with Crippen LogP contribution >= 0.6 is 0 Å². The molecule has 0 aliphatic heterocycles. The van der Waals surface area contributed by atoms with E-state index in [1.54, 1.807) is 6.07 Å². The Hall–Kier alpha value is -3.23. The number of hydrogen-bond acceptors (Lipinski definition) is 5. The average Bonchev–Trinajstić information content (AvgIpc) is 3.44. The number of imide groups is 1. The van der Waals surface area contributed by atoms with Crippen molar-refractivity contribution in [1.82, 2.24) is 9.88 Å². The van der Waals surface area contributed by atoms with Crippen LogP contribution < -0.4 is 10.1 Å². The number of rotatable bonds is 7. The molecule has 2 amide bonds. The van der Waals surface area contributed by atoms with Crippen LogP contribution in [0.15, 0.2) is 30.3 Å². The minimum atomic E-state index is -2.97. The Morgan fingerprint density at radius 1 is 1.17 bits per heavy atom. The summed E-state index contributed by atoms with van der Waals surface area (Å²) in [5.41, 5.74) is 2.20. The van der Waals surface area contributed by atoms with Gasteiger partial charge in [0.1, 0.15) is 5.75 Å². The van der Waals surface area contributed by atoms with Gasteiger partial charge in [0, 0.05) is 23.0 Å². The van der Waals surface area contributed by atoms with Crippen molar-refractivity contribution in [1.29, 1.82) is 0 Å². The smallest absolute Gasteiger partial charge is 0.387 e. The van der Waals surface area contributed by atoms with Gasteiger partial charge in [-0.1, -0.05) is 0 Å². The Kier molecular flexibility index (Phi) is 5.95.